The van der Waals surface area contributed by atoms with Gasteiger partial charge in [-0.3, -0.25) is 0 Å². The van der Waals surface area contributed by atoms with E-state index in [-0.39, 0.29) is 12.6 Å². The molecule has 0 aromatic heterocycles. The molecule has 0 saturated carbocycles. The van der Waals surface area contributed by atoms with E-state index in [1.165, 1.54) is 0 Å². The van der Waals surface area contributed by atoms with E-state index in [4.69, 9.17) is 9.84 Å². The van der Waals surface area contributed by atoms with E-state index in [9.17, 15) is 4.79 Å². The first kappa shape index (κ1) is 14.5. The molecule has 1 aliphatic rings. The van der Waals surface area contributed by atoms with Gasteiger partial charge in [0.25, 0.3) is 0 Å². The lowest BCUT2D eigenvalue weighted by molar-refractivity contribution is -0.139. The molecule has 2 aromatic rings. The highest BCUT2D eigenvalue weighted by molar-refractivity contribution is 6.08. The maximum absolute atomic E-state index is 12.6. The van der Waals surface area contributed by atoms with Gasteiger partial charge < -0.3 is 9.84 Å². The minimum atomic E-state index is -1.06. The van der Waals surface area contributed by atoms with Crippen molar-refractivity contribution in [2.45, 2.75) is 18.4 Å². The molecule has 22 heavy (non-hydrogen) atoms. The fourth-order valence-electron chi connectivity index (χ4n) is 2.65. The second-order valence-corrected chi connectivity index (χ2v) is 5.23. The highest BCUT2D eigenvalue weighted by Gasteiger charge is 2.47. The highest BCUT2D eigenvalue weighted by Crippen LogP contribution is 2.37. The first-order valence-electron chi connectivity index (χ1n) is 7.30. The molecule has 112 valence electrons. The average Bonchev–Trinajstić information content (AvgIpc) is 2.92. The van der Waals surface area contributed by atoms with Crippen molar-refractivity contribution >= 4 is 11.9 Å². The van der Waals surface area contributed by atoms with Gasteiger partial charge in [0.2, 0.25) is 5.90 Å². The number of rotatable bonds is 5. The van der Waals surface area contributed by atoms with Crippen LogP contribution in [0.5, 0.6) is 0 Å². The van der Waals surface area contributed by atoms with E-state index < -0.39 is 5.54 Å². The molecule has 0 spiro atoms. The molecular weight excluding hydrogens is 278 g/mol. The molecule has 0 amide bonds. The summed E-state index contributed by atoms with van der Waals surface area (Å²) < 4.78 is 5.44. The lowest BCUT2D eigenvalue weighted by Gasteiger charge is -2.21. The molecule has 4 nitrogen and oxygen atoms in total. The van der Waals surface area contributed by atoms with Crippen molar-refractivity contribution in [3.05, 3.63) is 71.8 Å². The Hall–Kier alpha value is -2.46. The maximum atomic E-state index is 12.6. The van der Waals surface area contributed by atoms with Crippen molar-refractivity contribution < 1.29 is 14.6 Å². The Morgan fingerprint density at radius 2 is 1.64 bits per heavy atom. The zero-order valence-corrected chi connectivity index (χ0v) is 12.1. The Morgan fingerprint density at radius 1 is 1.00 bits per heavy atom. The average molecular weight is 295 g/mol. The highest BCUT2D eigenvalue weighted by atomic mass is 16.6. The third-order valence-electron chi connectivity index (χ3n) is 3.79. The lowest BCUT2D eigenvalue weighted by Crippen LogP contribution is -2.31. The molecule has 0 fully saturated rings. The summed E-state index contributed by atoms with van der Waals surface area (Å²) in [4.78, 5) is 17.2. The van der Waals surface area contributed by atoms with Crippen molar-refractivity contribution in [2.75, 3.05) is 6.61 Å². The number of cyclic esters (lactones) is 1. The Bertz CT molecular complexity index is 682. The van der Waals surface area contributed by atoms with Crippen LogP contribution < -0.4 is 0 Å². The molecule has 1 unspecified atom stereocenters. The number of hydrogen-bond acceptors (Lipinski definition) is 4. The topological polar surface area (TPSA) is 58.9 Å². The molecule has 1 heterocycles. The van der Waals surface area contributed by atoms with E-state index in [1.54, 1.807) is 0 Å². The van der Waals surface area contributed by atoms with Gasteiger partial charge in [-0.2, -0.15) is 0 Å². The van der Waals surface area contributed by atoms with Gasteiger partial charge in [0.05, 0.1) is 0 Å². The van der Waals surface area contributed by atoms with Crippen LogP contribution in [-0.4, -0.2) is 23.6 Å². The van der Waals surface area contributed by atoms with Crippen LogP contribution in [0, 0.1) is 0 Å². The molecular formula is C18H17NO3. The van der Waals surface area contributed by atoms with Crippen molar-refractivity contribution in [1.29, 1.82) is 0 Å². The fourth-order valence-corrected chi connectivity index (χ4v) is 2.65. The zero-order valence-electron chi connectivity index (χ0n) is 12.1. The Kier molecular flexibility index (Phi) is 4.02. The summed E-state index contributed by atoms with van der Waals surface area (Å²) in [5.74, 6) is -0.0432. The first-order valence-corrected chi connectivity index (χ1v) is 7.30. The van der Waals surface area contributed by atoms with Gasteiger partial charge in [0, 0.05) is 12.2 Å². The third-order valence-corrected chi connectivity index (χ3v) is 3.79. The van der Waals surface area contributed by atoms with Gasteiger partial charge >= 0.3 is 5.97 Å². The minimum absolute atomic E-state index is 0.0120. The summed E-state index contributed by atoms with van der Waals surface area (Å²) in [6.45, 7) is 0.0120. The number of hydrogen-bond donors (Lipinski definition) is 1. The van der Waals surface area contributed by atoms with Gasteiger partial charge in [-0.05, 0) is 30.5 Å². The summed E-state index contributed by atoms with van der Waals surface area (Å²) in [6.07, 6.45) is 0.901. The number of carbonyl (C=O) groups excluding carboxylic acids is 1. The van der Waals surface area contributed by atoms with Crippen molar-refractivity contribution in [3.8, 4) is 0 Å². The SMILES string of the molecule is O=C1OC(c2ccccc2)=NC1(CCCO)c1ccccc1. The number of nitrogens with zero attached hydrogens (tertiary/aromatic N) is 1. The van der Waals surface area contributed by atoms with E-state index in [1.807, 2.05) is 60.7 Å². The number of benzene rings is 2. The number of carbonyl (C=O) groups is 1. The standard InChI is InChI=1S/C18H17NO3/c20-13-7-12-18(15-10-5-2-6-11-15)17(21)22-16(19-18)14-8-3-1-4-9-14/h1-6,8-11,20H,7,12-13H2. The molecule has 2 aromatic carbocycles. The van der Waals surface area contributed by atoms with Crippen molar-refractivity contribution in [1.82, 2.24) is 0 Å². The van der Waals surface area contributed by atoms with Crippen LogP contribution in [-0.2, 0) is 15.1 Å². The molecule has 1 N–H and O–H groups in total. The predicted molar refractivity (Wildman–Crippen MR) is 83.5 cm³/mol. The van der Waals surface area contributed by atoms with E-state index >= 15 is 0 Å². The van der Waals surface area contributed by atoms with Gasteiger partial charge in [-0.1, -0.05) is 48.5 Å². The summed E-state index contributed by atoms with van der Waals surface area (Å²) in [5.41, 5.74) is 0.506. The van der Waals surface area contributed by atoms with Crippen LogP contribution in [0.25, 0.3) is 0 Å². The van der Waals surface area contributed by atoms with Crippen LogP contribution in [0.1, 0.15) is 24.0 Å². The molecule has 0 bridgehead atoms. The van der Waals surface area contributed by atoms with Crippen molar-refractivity contribution in [3.63, 3.8) is 0 Å². The molecule has 1 atom stereocenters. The normalized spacial score (nSPS) is 20.6. The van der Waals surface area contributed by atoms with Crippen LogP contribution in [0.15, 0.2) is 65.7 Å². The minimum Gasteiger partial charge on any atom is -0.405 e. The van der Waals surface area contributed by atoms with Crippen LogP contribution in [0.2, 0.25) is 0 Å². The summed E-state index contributed by atoms with van der Waals surface area (Å²) >= 11 is 0. The largest absolute Gasteiger partial charge is 0.405 e. The van der Waals surface area contributed by atoms with E-state index in [0.29, 0.717) is 18.7 Å². The molecule has 4 heteroatoms. The lowest BCUT2D eigenvalue weighted by atomic mass is 9.86. The quantitative estimate of drug-likeness (QED) is 0.863. The van der Waals surface area contributed by atoms with Gasteiger partial charge in [-0.15, -0.1) is 0 Å². The molecule has 0 aliphatic carbocycles. The van der Waals surface area contributed by atoms with Gasteiger partial charge in [-0.25, -0.2) is 9.79 Å². The maximum Gasteiger partial charge on any atom is 0.345 e. The number of aliphatic hydroxyl groups is 1. The number of aliphatic imine (C=N–C) groups is 1. The molecule has 1 aliphatic heterocycles. The third kappa shape index (κ3) is 2.53. The zero-order chi connectivity index (χ0) is 15.4. The monoisotopic (exact) mass is 295 g/mol. The molecule has 3 rings (SSSR count). The number of esters is 1. The summed E-state index contributed by atoms with van der Waals surface area (Å²) in [7, 11) is 0. The fraction of sp³-hybridized carbons (Fsp3) is 0.222. The van der Waals surface area contributed by atoms with E-state index in [0.717, 1.165) is 11.1 Å². The Morgan fingerprint density at radius 3 is 2.27 bits per heavy atom. The van der Waals surface area contributed by atoms with Crippen LogP contribution in [0.4, 0.5) is 0 Å². The number of ether oxygens (including phenoxy) is 1. The van der Waals surface area contributed by atoms with Gasteiger partial charge in [0.1, 0.15) is 0 Å². The first-order chi connectivity index (χ1) is 10.8. The second kappa shape index (κ2) is 6.12. The molecule has 0 saturated heterocycles. The van der Waals surface area contributed by atoms with Crippen molar-refractivity contribution in [2.24, 2.45) is 4.99 Å². The Balaban J connectivity index is 2.05. The van der Waals surface area contributed by atoms with E-state index in [2.05, 4.69) is 4.99 Å². The molecule has 0 radical (unpaired) electrons. The van der Waals surface area contributed by atoms with Crippen LogP contribution in [0.3, 0.4) is 0 Å². The predicted octanol–water partition coefficient (Wildman–Crippen LogP) is 2.66. The van der Waals surface area contributed by atoms with Crippen LogP contribution >= 0.6 is 0 Å². The van der Waals surface area contributed by atoms with Gasteiger partial charge in [0.15, 0.2) is 5.54 Å². The number of aliphatic hydroxyl groups excluding tert-OH is 1. The Labute approximate surface area is 129 Å². The summed E-state index contributed by atoms with van der Waals surface area (Å²) in [5, 5.41) is 9.16. The summed E-state index contributed by atoms with van der Waals surface area (Å²) in [6, 6.07) is 18.8. The smallest absolute Gasteiger partial charge is 0.345 e. The second-order valence-electron chi connectivity index (χ2n) is 5.23.